The summed E-state index contributed by atoms with van der Waals surface area (Å²) in [6, 6.07) is 2.71. The van der Waals surface area contributed by atoms with E-state index < -0.39 is 11.7 Å². The van der Waals surface area contributed by atoms with Gasteiger partial charge in [0.1, 0.15) is 5.65 Å². The van der Waals surface area contributed by atoms with Gasteiger partial charge in [-0.05, 0) is 22.0 Å². The van der Waals surface area contributed by atoms with Crippen molar-refractivity contribution in [1.82, 2.24) is 14.5 Å². The third kappa shape index (κ3) is 2.41. The summed E-state index contributed by atoms with van der Waals surface area (Å²) in [6.45, 7) is 0. The number of aryl methyl sites for hydroxylation is 1. The Hall–Kier alpha value is -2.48. The Balaban J connectivity index is 1.99. The zero-order valence-corrected chi connectivity index (χ0v) is 12.9. The Labute approximate surface area is 132 Å². The summed E-state index contributed by atoms with van der Waals surface area (Å²) >= 11 is 3.06. The number of pyridine rings is 2. The fourth-order valence-corrected chi connectivity index (χ4v) is 2.36. The molecule has 0 fully saturated rings. The van der Waals surface area contributed by atoms with Crippen LogP contribution in [0.3, 0.4) is 0 Å². The Bertz CT molecular complexity index is 948. The molecule has 3 rings (SSSR count). The molecule has 0 unspecified atom stereocenters. The van der Waals surface area contributed by atoms with E-state index in [1.165, 1.54) is 35.3 Å². The lowest BCUT2D eigenvalue weighted by Crippen LogP contribution is -2.19. The first-order chi connectivity index (χ1) is 10.5. The molecule has 3 aromatic heterocycles. The third-order valence-corrected chi connectivity index (χ3v) is 3.74. The molecule has 0 atom stereocenters. The summed E-state index contributed by atoms with van der Waals surface area (Å²) < 4.78 is 15.7. The molecule has 3 heterocycles. The quantitative estimate of drug-likeness (QED) is 0.732. The lowest BCUT2D eigenvalue weighted by molar-refractivity contribution is 0.102. The number of carbonyl (C=O) groups is 1. The monoisotopic (exact) mass is 364 g/mol. The van der Waals surface area contributed by atoms with Crippen molar-refractivity contribution < 1.29 is 9.18 Å². The normalized spacial score (nSPS) is 10.9. The van der Waals surface area contributed by atoms with Crippen LogP contribution in [0.15, 0.2) is 40.0 Å². The maximum absolute atomic E-state index is 14.2. The summed E-state index contributed by atoms with van der Waals surface area (Å²) in [5.74, 6) is -0.960. The molecule has 112 valence electrons. The van der Waals surface area contributed by atoms with Crippen LogP contribution in [0.1, 0.15) is 10.4 Å². The van der Waals surface area contributed by atoms with E-state index in [1.54, 1.807) is 7.05 Å². The highest BCUT2D eigenvalue weighted by atomic mass is 79.9. The molecular formula is C14H10BrFN4O2. The number of carbonyl (C=O) groups excluding carboxylic acids is 1. The Morgan fingerprint density at radius 1 is 1.45 bits per heavy atom. The predicted octanol–water partition coefficient (Wildman–Crippen LogP) is 2.42. The zero-order valence-electron chi connectivity index (χ0n) is 11.4. The molecule has 2 N–H and O–H groups in total. The third-order valence-electron chi connectivity index (χ3n) is 3.19. The lowest BCUT2D eigenvalue weighted by atomic mass is 10.2. The fraction of sp³-hybridized carbons (Fsp3) is 0.0714. The van der Waals surface area contributed by atoms with Crippen LogP contribution in [-0.2, 0) is 7.05 Å². The number of hydrogen-bond donors (Lipinski definition) is 2. The van der Waals surface area contributed by atoms with Crippen LogP contribution in [0.2, 0.25) is 0 Å². The highest BCUT2D eigenvalue weighted by molar-refractivity contribution is 9.10. The number of nitrogens with zero attached hydrogens (tertiary/aromatic N) is 2. The summed E-state index contributed by atoms with van der Waals surface area (Å²) in [7, 11) is 1.55. The van der Waals surface area contributed by atoms with Gasteiger partial charge in [-0.2, -0.15) is 0 Å². The van der Waals surface area contributed by atoms with Crippen molar-refractivity contribution in [2.45, 2.75) is 0 Å². The number of amides is 1. The van der Waals surface area contributed by atoms with Gasteiger partial charge in [-0.1, -0.05) is 0 Å². The molecule has 0 bridgehead atoms. The number of fused-ring (bicyclic) bond motifs is 1. The van der Waals surface area contributed by atoms with Crippen LogP contribution in [0, 0.1) is 5.82 Å². The zero-order chi connectivity index (χ0) is 15.9. The van der Waals surface area contributed by atoms with Crippen LogP contribution in [0.25, 0.3) is 11.0 Å². The van der Waals surface area contributed by atoms with Crippen LogP contribution in [0.5, 0.6) is 0 Å². The molecule has 0 saturated heterocycles. The summed E-state index contributed by atoms with van der Waals surface area (Å²) in [6.07, 6.45) is 4.22. The van der Waals surface area contributed by atoms with E-state index in [1.807, 2.05) is 0 Å². The van der Waals surface area contributed by atoms with Crippen molar-refractivity contribution in [1.29, 1.82) is 0 Å². The molecule has 0 saturated carbocycles. The molecule has 0 aromatic carbocycles. The van der Waals surface area contributed by atoms with E-state index in [4.69, 9.17) is 0 Å². The number of anilines is 1. The molecular weight excluding hydrogens is 355 g/mol. The Morgan fingerprint density at radius 3 is 2.95 bits per heavy atom. The van der Waals surface area contributed by atoms with Gasteiger partial charge in [0.05, 0.1) is 21.1 Å². The molecule has 0 radical (unpaired) electrons. The molecule has 6 nitrogen and oxygen atoms in total. The smallest absolute Gasteiger partial charge is 0.257 e. The summed E-state index contributed by atoms with van der Waals surface area (Å²) in [4.78, 5) is 30.4. The first-order valence-electron chi connectivity index (χ1n) is 6.26. The first-order valence-corrected chi connectivity index (χ1v) is 7.06. The number of aromatic amines is 1. The second-order valence-corrected chi connectivity index (χ2v) is 5.52. The largest absolute Gasteiger partial charge is 0.344 e. The Morgan fingerprint density at radius 2 is 2.23 bits per heavy atom. The van der Waals surface area contributed by atoms with Gasteiger partial charge >= 0.3 is 0 Å². The van der Waals surface area contributed by atoms with E-state index in [2.05, 4.69) is 31.2 Å². The Kier molecular flexibility index (Phi) is 3.53. The predicted molar refractivity (Wildman–Crippen MR) is 83.4 cm³/mol. The molecule has 0 aliphatic heterocycles. The standard InChI is InChI=1S/C14H10BrFN4O2/c1-20-6-7(2-3-10(20)21)14(22)19-9-5-18-13-11(9)12(16)8(15)4-17-13/h2-6H,1H3,(H,17,18)(H,19,22). The second-order valence-electron chi connectivity index (χ2n) is 4.67. The molecule has 1 amide bonds. The molecule has 22 heavy (non-hydrogen) atoms. The first kappa shape index (κ1) is 14.5. The number of rotatable bonds is 2. The minimum atomic E-state index is -0.512. The van der Waals surface area contributed by atoms with Gasteiger partial charge in [-0.3, -0.25) is 9.59 Å². The van der Waals surface area contributed by atoms with E-state index >= 15 is 0 Å². The minimum Gasteiger partial charge on any atom is -0.344 e. The maximum Gasteiger partial charge on any atom is 0.257 e. The fourth-order valence-electron chi connectivity index (χ4n) is 2.06. The highest BCUT2D eigenvalue weighted by Crippen LogP contribution is 2.29. The van der Waals surface area contributed by atoms with E-state index in [0.717, 1.165) is 0 Å². The number of nitrogens with one attached hydrogen (secondary N) is 2. The minimum absolute atomic E-state index is 0.188. The number of halogens is 2. The molecule has 3 aromatic rings. The molecule has 8 heteroatoms. The average Bonchev–Trinajstić information content (AvgIpc) is 2.89. The topological polar surface area (TPSA) is 79.8 Å². The van der Waals surface area contributed by atoms with Crippen molar-refractivity contribution in [2.75, 3.05) is 5.32 Å². The van der Waals surface area contributed by atoms with E-state index in [9.17, 15) is 14.0 Å². The number of aromatic nitrogens is 3. The van der Waals surface area contributed by atoms with Crippen LogP contribution >= 0.6 is 15.9 Å². The van der Waals surface area contributed by atoms with Crippen molar-refractivity contribution in [3.8, 4) is 0 Å². The van der Waals surface area contributed by atoms with E-state index in [-0.39, 0.29) is 21.1 Å². The molecule has 0 aliphatic carbocycles. The van der Waals surface area contributed by atoms with Gasteiger partial charge in [0.15, 0.2) is 5.82 Å². The van der Waals surface area contributed by atoms with Gasteiger partial charge in [0.2, 0.25) is 5.56 Å². The van der Waals surface area contributed by atoms with Gasteiger partial charge < -0.3 is 14.9 Å². The lowest BCUT2D eigenvalue weighted by Gasteiger charge is -2.06. The SMILES string of the molecule is Cn1cc(C(=O)Nc2c[nH]c3ncc(Br)c(F)c23)ccc1=O. The van der Waals surface area contributed by atoms with Crippen LogP contribution < -0.4 is 10.9 Å². The second kappa shape index (κ2) is 5.38. The van der Waals surface area contributed by atoms with E-state index in [0.29, 0.717) is 11.2 Å². The van der Waals surface area contributed by atoms with Gasteiger partial charge in [-0.25, -0.2) is 9.37 Å². The van der Waals surface area contributed by atoms with Gasteiger partial charge in [0.25, 0.3) is 5.91 Å². The van der Waals surface area contributed by atoms with Crippen LogP contribution in [-0.4, -0.2) is 20.4 Å². The van der Waals surface area contributed by atoms with Gasteiger partial charge in [0, 0.05) is 31.7 Å². The van der Waals surface area contributed by atoms with Crippen molar-refractivity contribution >= 4 is 38.6 Å². The average molecular weight is 365 g/mol. The molecule has 0 spiro atoms. The summed E-state index contributed by atoms with van der Waals surface area (Å²) in [5.41, 5.74) is 0.680. The maximum atomic E-state index is 14.2. The molecule has 0 aliphatic rings. The van der Waals surface area contributed by atoms with Crippen molar-refractivity contribution in [3.05, 3.63) is 56.9 Å². The number of hydrogen-bond acceptors (Lipinski definition) is 3. The van der Waals surface area contributed by atoms with Gasteiger partial charge in [-0.15, -0.1) is 0 Å². The van der Waals surface area contributed by atoms with Crippen LogP contribution in [0.4, 0.5) is 10.1 Å². The van der Waals surface area contributed by atoms with Crippen molar-refractivity contribution in [2.24, 2.45) is 7.05 Å². The highest BCUT2D eigenvalue weighted by Gasteiger charge is 2.16. The summed E-state index contributed by atoms with van der Waals surface area (Å²) in [5, 5.41) is 2.80. The number of H-pyrrole nitrogens is 1. The van der Waals surface area contributed by atoms with Crippen molar-refractivity contribution in [3.63, 3.8) is 0 Å².